The Hall–Kier alpha value is -0.500. The van der Waals surface area contributed by atoms with Gasteiger partial charge in [-0.1, -0.05) is 6.08 Å². The molecule has 0 saturated carbocycles. The first-order valence-electron chi connectivity index (χ1n) is 3.17. The molecule has 0 aliphatic carbocycles. The predicted octanol–water partition coefficient (Wildman–Crippen LogP) is 0.484. The molecule has 0 aromatic rings. The van der Waals surface area contributed by atoms with Crippen molar-refractivity contribution in [3.8, 4) is 0 Å². The van der Waals surface area contributed by atoms with Gasteiger partial charge in [-0.2, -0.15) is 0 Å². The molecule has 1 saturated heterocycles. The molecule has 2 aliphatic heterocycles. The third-order valence-electron chi connectivity index (χ3n) is 1.76. The van der Waals surface area contributed by atoms with Crippen molar-refractivity contribution in [2.75, 3.05) is 13.1 Å². The molecule has 2 heterocycles. The zero-order valence-corrected chi connectivity index (χ0v) is 4.85. The van der Waals surface area contributed by atoms with Crippen LogP contribution in [0.15, 0.2) is 11.8 Å². The van der Waals surface area contributed by atoms with Gasteiger partial charge in [0.05, 0.1) is 0 Å². The van der Waals surface area contributed by atoms with Crippen LogP contribution in [0.25, 0.3) is 0 Å². The molecule has 2 rings (SSSR count). The number of hydrogen-bond acceptors (Lipinski definition) is 2. The molecule has 0 atom stereocenters. The summed E-state index contributed by atoms with van der Waals surface area (Å²) in [5.74, 6) is 0. The number of nitrogens with one attached hydrogen (secondary N) is 1. The molecule has 2 heteroatoms. The molecule has 0 unspecified atom stereocenters. The van der Waals surface area contributed by atoms with Crippen molar-refractivity contribution >= 4 is 0 Å². The Balaban J connectivity index is 2.20. The van der Waals surface area contributed by atoms with Crippen molar-refractivity contribution in [2.24, 2.45) is 0 Å². The molecule has 1 N–H and O–H groups in total. The van der Waals surface area contributed by atoms with E-state index in [9.17, 15) is 0 Å². The smallest absolute Gasteiger partial charge is 0.0376 e. The van der Waals surface area contributed by atoms with E-state index in [0.29, 0.717) is 0 Å². The molecule has 0 amide bonds. The Kier molecular flexibility index (Phi) is 0.815. The Morgan fingerprint density at radius 2 is 2.62 bits per heavy atom. The average molecular weight is 110 g/mol. The lowest BCUT2D eigenvalue weighted by Gasteiger charge is -2.11. The lowest BCUT2D eigenvalue weighted by Crippen LogP contribution is -2.27. The van der Waals surface area contributed by atoms with Gasteiger partial charge >= 0.3 is 0 Å². The Morgan fingerprint density at radius 3 is 3.50 bits per heavy atom. The highest BCUT2D eigenvalue weighted by Crippen LogP contribution is 2.19. The highest BCUT2D eigenvalue weighted by molar-refractivity contribution is 5.09. The summed E-state index contributed by atoms with van der Waals surface area (Å²) in [7, 11) is 0. The van der Waals surface area contributed by atoms with Gasteiger partial charge in [-0.3, -0.25) is 0 Å². The second kappa shape index (κ2) is 1.49. The summed E-state index contributed by atoms with van der Waals surface area (Å²) in [6.07, 6.45) is 4.79. The van der Waals surface area contributed by atoms with Crippen LogP contribution in [0.4, 0.5) is 0 Å². The number of fused-ring (bicyclic) bond motifs is 1. The summed E-state index contributed by atoms with van der Waals surface area (Å²) in [5, 5.41) is 2.25. The normalized spacial score (nSPS) is 26.0. The van der Waals surface area contributed by atoms with Crippen LogP contribution in [0.3, 0.4) is 0 Å². The third-order valence-corrected chi connectivity index (χ3v) is 1.76. The lowest BCUT2D eigenvalue weighted by atomic mass is 10.3. The minimum Gasteiger partial charge on any atom is -0.312 e. The fourth-order valence-electron chi connectivity index (χ4n) is 1.35. The molecule has 0 radical (unpaired) electrons. The van der Waals surface area contributed by atoms with E-state index in [-0.39, 0.29) is 0 Å². The van der Waals surface area contributed by atoms with Crippen molar-refractivity contribution < 1.29 is 0 Å². The highest BCUT2D eigenvalue weighted by Gasteiger charge is 2.18. The second-order valence-electron chi connectivity index (χ2n) is 2.29. The second-order valence-corrected chi connectivity index (χ2v) is 2.29. The van der Waals surface area contributed by atoms with E-state index in [1.165, 1.54) is 25.1 Å². The van der Waals surface area contributed by atoms with Gasteiger partial charge in [0.2, 0.25) is 0 Å². The third kappa shape index (κ3) is 0.464. The molecule has 0 aromatic carbocycles. The van der Waals surface area contributed by atoms with Crippen molar-refractivity contribution in [3.05, 3.63) is 11.8 Å². The predicted molar refractivity (Wildman–Crippen MR) is 32.0 cm³/mol. The van der Waals surface area contributed by atoms with Crippen LogP contribution in [-0.2, 0) is 0 Å². The van der Waals surface area contributed by atoms with Gasteiger partial charge in [0.1, 0.15) is 0 Å². The van der Waals surface area contributed by atoms with Crippen LogP contribution in [-0.4, -0.2) is 18.1 Å². The van der Waals surface area contributed by atoms with Crippen molar-refractivity contribution in [1.82, 2.24) is 10.4 Å². The topological polar surface area (TPSA) is 15.3 Å². The van der Waals surface area contributed by atoms with E-state index in [1.54, 1.807) is 0 Å². The van der Waals surface area contributed by atoms with Gasteiger partial charge in [0.15, 0.2) is 0 Å². The molecule has 8 heavy (non-hydrogen) atoms. The number of nitrogens with zero attached hydrogens (tertiary/aromatic N) is 1. The SMILES string of the molecule is C1=C2CCNN2CC1. The minimum absolute atomic E-state index is 1.14. The summed E-state index contributed by atoms with van der Waals surface area (Å²) in [5.41, 5.74) is 4.79. The maximum atomic E-state index is 3.28. The summed E-state index contributed by atoms with van der Waals surface area (Å²) in [6, 6.07) is 0. The first-order chi connectivity index (χ1) is 3.97. The average Bonchev–Trinajstić information content (AvgIpc) is 2.15. The number of rotatable bonds is 0. The van der Waals surface area contributed by atoms with Gasteiger partial charge in [-0.05, 0) is 6.42 Å². The van der Waals surface area contributed by atoms with Crippen LogP contribution < -0.4 is 5.43 Å². The van der Waals surface area contributed by atoms with Crippen molar-refractivity contribution in [3.63, 3.8) is 0 Å². The summed E-state index contributed by atoms with van der Waals surface area (Å²) in [4.78, 5) is 0. The van der Waals surface area contributed by atoms with E-state index in [0.717, 1.165) is 6.54 Å². The van der Waals surface area contributed by atoms with Crippen LogP contribution in [0, 0.1) is 0 Å². The maximum Gasteiger partial charge on any atom is 0.0376 e. The fourth-order valence-corrected chi connectivity index (χ4v) is 1.35. The van der Waals surface area contributed by atoms with Crippen LogP contribution in [0.5, 0.6) is 0 Å². The lowest BCUT2D eigenvalue weighted by molar-refractivity contribution is 0.324. The van der Waals surface area contributed by atoms with Crippen molar-refractivity contribution in [1.29, 1.82) is 0 Å². The summed E-state index contributed by atoms with van der Waals surface area (Å²) >= 11 is 0. The fraction of sp³-hybridized carbons (Fsp3) is 0.667. The van der Waals surface area contributed by atoms with E-state index >= 15 is 0 Å². The first kappa shape index (κ1) is 4.39. The van der Waals surface area contributed by atoms with Crippen molar-refractivity contribution in [2.45, 2.75) is 12.8 Å². The molecule has 44 valence electrons. The monoisotopic (exact) mass is 110 g/mol. The largest absolute Gasteiger partial charge is 0.312 e. The standard InChI is InChI=1S/C6H10N2/c1-2-6-3-4-7-8(6)5-1/h2,7H,1,3-5H2. The zero-order valence-electron chi connectivity index (χ0n) is 4.85. The molecule has 1 fully saturated rings. The Morgan fingerprint density at radius 1 is 1.62 bits per heavy atom. The van der Waals surface area contributed by atoms with E-state index in [1.807, 2.05) is 0 Å². The van der Waals surface area contributed by atoms with Gasteiger partial charge < -0.3 is 5.01 Å². The maximum absolute atomic E-state index is 3.28. The van der Waals surface area contributed by atoms with Crippen LogP contribution >= 0.6 is 0 Å². The van der Waals surface area contributed by atoms with Crippen LogP contribution in [0.2, 0.25) is 0 Å². The molecular formula is C6H10N2. The summed E-state index contributed by atoms with van der Waals surface area (Å²) < 4.78 is 0. The van der Waals surface area contributed by atoms with Crippen LogP contribution in [0.1, 0.15) is 12.8 Å². The van der Waals surface area contributed by atoms with Gasteiger partial charge in [-0.25, -0.2) is 5.43 Å². The van der Waals surface area contributed by atoms with Gasteiger partial charge in [-0.15, -0.1) is 0 Å². The van der Waals surface area contributed by atoms with E-state index in [2.05, 4.69) is 16.5 Å². The molecule has 0 aromatic heterocycles. The molecule has 0 spiro atoms. The quantitative estimate of drug-likeness (QED) is 0.488. The molecular weight excluding hydrogens is 100 g/mol. The first-order valence-corrected chi connectivity index (χ1v) is 3.17. The summed E-state index contributed by atoms with van der Waals surface area (Å²) in [6.45, 7) is 2.33. The minimum atomic E-state index is 1.14. The van der Waals surface area contributed by atoms with E-state index in [4.69, 9.17) is 0 Å². The Labute approximate surface area is 49.1 Å². The highest BCUT2D eigenvalue weighted by atomic mass is 15.5. The number of hydrogen-bond donors (Lipinski definition) is 1. The van der Waals surface area contributed by atoms with Gasteiger partial charge in [0, 0.05) is 25.2 Å². The Bertz CT molecular complexity index is 128. The molecule has 2 nitrogen and oxygen atoms in total. The molecule has 0 bridgehead atoms. The van der Waals surface area contributed by atoms with Gasteiger partial charge in [0.25, 0.3) is 0 Å². The van der Waals surface area contributed by atoms with E-state index < -0.39 is 0 Å². The zero-order chi connectivity index (χ0) is 5.40. The number of hydrazine groups is 1. The molecule has 2 aliphatic rings.